The molecule has 0 amide bonds. The fourth-order valence-corrected chi connectivity index (χ4v) is 2.11. The van der Waals surface area contributed by atoms with Crippen LogP contribution in [-0.4, -0.2) is 49.9 Å². The zero-order valence-electron chi connectivity index (χ0n) is 12.6. The minimum atomic E-state index is -3.68. The first-order chi connectivity index (χ1) is 10.7. The molecule has 1 aromatic rings. The van der Waals surface area contributed by atoms with Gasteiger partial charge in [0, 0.05) is 6.42 Å². The number of hydrogen-bond donors (Lipinski definition) is 0. The Morgan fingerprint density at radius 3 is 2.30 bits per heavy atom. The maximum Gasteiger partial charge on any atom is 0.674 e. The van der Waals surface area contributed by atoms with Gasteiger partial charge in [-0.2, -0.15) is 0 Å². The summed E-state index contributed by atoms with van der Waals surface area (Å²) >= 11 is 0. The van der Waals surface area contributed by atoms with Crippen molar-refractivity contribution in [3.8, 4) is 0 Å². The Balaban J connectivity index is 2.17. The molecule has 1 heterocycles. The molecule has 124 valence electrons. The summed E-state index contributed by atoms with van der Waals surface area (Å²) in [5.74, 6) is -6.16. The maximum atomic E-state index is 14.3. The number of nitrogens with zero attached hydrogens (tertiary/aromatic N) is 1. The summed E-state index contributed by atoms with van der Waals surface area (Å²) in [6, 6.07) is 3.68. The van der Waals surface area contributed by atoms with Crippen molar-refractivity contribution >= 4 is 19.1 Å². The first kappa shape index (κ1) is 17.3. The van der Waals surface area contributed by atoms with Crippen LogP contribution in [0.25, 0.3) is 0 Å². The number of hydrogen-bond acceptors (Lipinski definition) is 5. The van der Waals surface area contributed by atoms with Gasteiger partial charge in [0.2, 0.25) is 0 Å². The van der Waals surface area contributed by atoms with Crippen LogP contribution in [0.5, 0.6) is 0 Å². The number of rotatable bonds is 3. The third-order valence-electron chi connectivity index (χ3n) is 3.30. The molecule has 0 N–H and O–H groups in total. The van der Waals surface area contributed by atoms with E-state index in [1.54, 1.807) is 0 Å². The van der Waals surface area contributed by atoms with Gasteiger partial charge in [0.15, 0.2) is 0 Å². The van der Waals surface area contributed by atoms with Crippen LogP contribution in [0, 0.1) is 12.7 Å². The van der Waals surface area contributed by atoms with Crippen LogP contribution in [0.3, 0.4) is 0 Å². The standard InChI is InChI=1S/C14H15BF3NO4/c1-9-3-4-10(5-11(9)16)6-14(17,18)15-22-12(20)7-19(2)8-13(21)23-15/h3-5H,6-8H2,1-2H3. The molecule has 2 rings (SSSR count). The monoisotopic (exact) mass is 329 g/mol. The first-order valence-corrected chi connectivity index (χ1v) is 6.88. The van der Waals surface area contributed by atoms with E-state index < -0.39 is 37.1 Å². The fourth-order valence-electron chi connectivity index (χ4n) is 2.11. The van der Waals surface area contributed by atoms with E-state index in [2.05, 4.69) is 9.31 Å². The fraction of sp³-hybridized carbons (Fsp3) is 0.429. The molecule has 0 saturated carbocycles. The molecule has 0 radical (unpaired) electrons. The van der Waals surface area contributed by atoms with Crippen molar-refractivity contribution in [2.45, 2.75) is 19.2 Å². The van der Waals surface area contributed by atoms with E-state index in [-0.39, 0.29) is 18.7 Å². The van der Waals surface area contributed by atoms with E-state index in [4.69, 9.17) is 0 Å². The van der Waals surface area contributed by atoms with Crippen molar-refractivity contribution in [2.75, 3.05) is 20.1 Å². The van der Waals surface area contributed by atoms with E-state index >= 15 is 0 Å². The van der Waals surface area contributed by atoms with Crippen LogP contribution in [0.2, 0.25) is 0 Å². The van der Waals surface area contributed by atoms with Gasteiger partial charge in [-0.25, -0.2) is 13.2 Å². The minimum Gasteiger partial charge on any atom is -0.494 e. The Hall–Kier alpha value is -2.03. The van der Waals surface area contributed by atoms with Crippen LogP contribution in [-0.2, 0) is 25.3 Å². The zero-order valence-corrected chi connectivity index (χ0v) is 12.6. The second-order valence-corrected chi connectivity index (χ2v) is 5.51. The van der Waals surface area contributed by atoms with E-state index in [1.165, 1.54) is 31.0 Å². The molecule has 1 fully saturated rings. The van der Waals surface area contributed by atoms with Gasteiger partial charge in [0.05, 0.1) is 13.1 Å². The lowest BCUT2D eigenvalue weighted by molar-refractivity contribution is -0.149. The SMILES string of the molecule is Cc1ccc(CC(F)(F)B2OC(=O)CN(C)CC(=O)O2)cc1F. The van der Waals surface area contributed by atoms with Crippen molar-refractivity contribution in [3.05, 3.63) is 35.1 Å². The molecule has 1 saturated heterocycles. The number of aryl methyl sites for hydroxylation is 1. The van der Waals surface area contributed by atoms with Gasteiger partial charge in [-0.3, -0.25) is 14.5 Å². The summed E-state index contributed by atoms with van der Waals surface area (Å²) in [6.45, 7) is 0.897. The number of halogens is 3. The van der Waals surface area contributed by atoms with Gasteiger partial charge in [0.1, 0.15) is 5.82 Å². The Kier molecular flexibility index (Phi) is 4.98. The topological polar surface area (TPSA) is 55.8 Å². The van der Waals surface area contributed by atoms with Gasteiger partial charge < -0.3 is 9.31 Å². The highest BCUT2D eigenvalue weighted by atomic mass is 19.3. The summed E-state index contributed by atoms with van der Waals surface area (Å²) in [4.78, 5) is 24.3. The normalized spacial score (nSPS) is 17.3. The Morgan fingerprint density at radius 1 is 1.22 bits per heavy atom. The number of benzene rings is 1. The van der Waals surface area contributed by atoms with Crippen molar-refractivity contribution in [1.82, 2.24) is 4.90 Å². The van der Waals surface area contributed by atoms with Crippen LogP contribution in [0.15, 0.2) is 18.2 Å². The van der Waals surface area contributed by atoms with Gasteiger partial charge in [0.25, 0.3) is 0 Å². The number of carbonyl (C=O) groups excluding carboxylic acids is 2. The van der Waals surface area contributed by atoms with Crippen molar-refractivity contribution in [2.24, 2.45) is 0 Å². The van der Waals surface area contributed by atoms with Crippen LogP contribution < -0.4 is 0 Å². The van der Waals surface area contributed by atoms with Crippen molar-refractivity contribution in [1.29, 1.82) is 0 Å². The molecule has 0 atom stereocenters. The molecule has 0 aromatic heterocycles. The minimum absolute atomic E-state index is 0.00405. The summed E-state index contributed by atoms with van der Waals surface area (Å²) in [5, 5.41) is 0. The summed E-state index contributed by atoms with van der Waals surface area (Å²) < 4.78 is 51.2. The Labute approximate surface area is 131 Å². The van der Waals surface area contributed by atoms with Gasteiger partial charge in [-0.05, 0) is 31.2 Å². The molecule has 23 heavy (non-hydrogen) atoms. The highest BCUT2D eigenvalue weighted by molar-refractivity contribution is 6.52. The maximum absolute atomic E-state index is 14.3. The lowest BCUT2D eigenvalue weighted by Crippen LogP contribution is -2.52. The van der Waals surface area contributed by atoms with E-state index in [1.807, 2.05) is 0 Å². The van der Waals surface area contributed by atoms with Gasteiger partial charge in [-0.15, -0.1) is 0 Å². The van der Waals surface area contributed by atoms with Crippen LogP contribution in [0.4, 0.5) is 13.2 Å². The Morgan fingerprint density at radius 2 is 1.78 bits per heavy atom. The molecule has 0 unspecified atom stereocenters. The average molecular weight is 329 g/mol. The average Bonchev–Trinajstić information content (AvgIpc) is 2.40. The molecule has 5 nitrogen and oxygen atoms in total. The lowest BCUT2D eigenvalue weighted by Gasteiger charge is -2.26. The van der Waals surface area contributed by atoms with Gasteiger partial charge in [-0.1, -0.05) is 12.1 Å². The Bertz CT molecular complexity index is 606. The molecular weight excluding hydrogens is 314 g/mol. The first-order valence-electron chi connectivity index (χ1n) is 6.88. The van der Waals surface area contributed by atoms with Crippen molar-refractivity contribution in [3.63, 3.8) is 0 Å². The van der Waals surface area contributed by atoms with E-state index in [0.717, 1.165) is 6.07 Å². The molecule has 0 spiro atoms. The summed E-state index contributed by atoms with van der Waals surface area (Å²) in [5.41, 5.74) is 0.327. The largest absolute Gasteiger partial charge is 0.674 e. The predicted molar refractivity (Wildman–Crippen MR) is 75.2 cm³/mol. The van der Waals surface area contributed by atoms with Gasteiger partial charge >= 0.3 is 24.9 Å². The molecule has 9 heteroatoms. The third-order valence-corrected chi connectivity index (χ3v) is 3.30. The molecule has 1 aromatic carbocycles. The second-order valence-electron chi connectivity index (χ2n) is 5.51. The molecule has 1 aliphatic rings. The van der Waals surface area contributed by atoms with Crippen LogP contribution >= 0.6 is 0 Å². The second kappa shape index (κ2) is 6.61. The summed E-state index contributed by atoms with van der Waals surface area (Å²) in [6.07, 6.45) is -0.925. The predicted octanol–water partition coefficient (Wildman–Crippen LogP) is 1.37. The molecule has 0 bridgehead atoms. The third kappa shape index (κ3) is 4.48. The highest BCUT2D eigenvalue weighted by Gasteiger charge is 2.55. The number of carbonyl (C=O) groups is 2. The van der Waals surface area contributed by atoms with Crippen molar-refractivity contribution < 1.29 is 32.1 Å². The quantitative estimate of drug-likeness (QED) is 0.784. The molecule has 1 aliphatic heterocycles. The lowest BCUT2D eigenvalue weighted by atomic mass is 9.75. The van der Waals surface area contributed by atoms with E-state index in [9.17, 15) is 22.8 Å². The molecule has 0 aliphatic carbocycles. The summed E-state index contributed by atoms with van der Waals surface area (Å²) in [7, 11) is -0.878. The number of alkyl halides is 2. The molecular formula is C14H15BF3NO4. The van der Waals surface area contributed by atoms with E-state index in [0.29, 0.717) is 5.56 Å². The highest BCUT2D eigenvalue weighted by Crippen LogP contribution is 2.26. The smallest absolute Gasteiger partial charge is 0.494 e. The van der Waals surface area contributed by atoms with Crippen LogP contribution in [0.1, 0.15) is 11.1 Å². The number of likely N-dealkylation sites (N-methyl/N-ethyl adjacent to an activating group) is 1. The zero-order chi connectivity index (χ0) is 17.2.